The van der Waals surface area contributed by atoms with Gasteiger partial charge in [0.2, 0.25) is 5.91 Å². The fraction of sp³-hybridized carbons (Fsp3) is 0.452. The van der Waals surface area contributed by atoms with Gasteiger partial charge in [0.15, 0.2) is 0 Å². The van der Waals surface area contributed by atoms with E-state index in [2.05, 4.69) is 57.0 Å². The van der Waals surface area contributed by atoms with E-state index in [1.807, 2.05) is 47.9 Å². The molecular weight excluding hydrogens is 532 g/mol. The van der Waals surface area contributed by atoms with Crippen molar-refractivity contribution in [3.63, 3.8) is 0 Å². The second kappa shape index (κ2) is 11.9. The first kappa shape index (κ1) is 27.9. The van der Waals surface area contributed by atoms with Gasteiger partial charge in [0.1, 0.15) is 6.54 Å². The third kappa shape index (κ3) is 5.74. The molecular formula is C31H38N8O3. The summed E-state index contributed by atoms with van der Waals surface area (Å²) in [5.41, 5.74) is 6.31. The molecule has 42 heavy (non-hydrogen) atoms. The van der Waals surface area contributed by atoms with Crippen LogP contribution in [0.25, 0.3) is 0 Å². The maximum atomic E-state index is 13.3. The highest BCUT2D eigenvalue weighted by Gasteiger charge is 2.36. The lowest BCUT2D eigenvalue weighted by Crippen LogP contribution is -2.37. The van der Waals surface area contributed by atoms with Crippen LogP contribution in [0, 0.1) is 19.8 Å². The summed E-state index contributed by atoms with van der Waals surface area (Å²) in [5.74, 6) is 0.768. The lowest BCUT2D eigenvalue weighted by atomic mass is 10.0. The molecule has 2 amide bonds. The number of carbonyl (C=O) groups excluding carboxylic acids is 2. The van der Waals surface area contributed by atoms with Crippen molar-refractivity contribution in [2.24, 2.45) is 5.92 Å². The molecule has 2 atom stereocenters. The fourth-order valence-electron chi connectivity index (χ4n) is 6.16. The van der Waals surface area contributed by atoms with Crippen molar-refractivity contribution in [1.29, 1.82) is 0 Å². The molecule has 0 saturated carbocycles. The van der Waals surface area contributed by atoms with Crippen molar-refractivity contribution >= 4 is 23.5 Å². The largest absolute Gasteiger partial charge is 0.378 e. The number of aryl methyl sites for hydroxylation is 2. The molecule has 1 N–H and O–H groups in total. The number of amides is 2. The van der Waals surface area contributed by atoms with Crippen LogP contribution in [0.5, 0.6) is 0 Å². The number of aromatic nitrogens is 4. The highest BCUT2D eigenvalue weighted by Crippen LogP contribution is 2.35. The van der Waals surface area contributed by atoms with Gasteiger partial charge in [-0.3, -0.25) is 9.59 Å². The Kier molecular flexibility index (Phi) is 7.92. The van der Waals surface area contributed by atoms with Crippen molar-refractivity contribution in [2.75, 3.05) is 55.7 Å². The fourth-order valence-corrected chi connectivity index (χ4v) is 6.16. The van der Waals surface area contributed by atoms with Crippen molar-refractivity contribution in [3.05, 3.63) is 76.5 Å². The molecule has 2 saturated heterocycles. The quantitative estimate of drug-likeness (QED) is 0.441. The van der Waals surface area contributed by atoms with Crippen LogP contribution < -0.4 is 15.1 Å². The standard InChI is InChI=1S/C31H38N8O3/c1-4-27(32-28(40)20-39-34-31(33-35-39)36-11-13-42-14-12-36)23-9-6-10-26(15-23)37-16-24-18-38(19-25(24)17-37)30(41)29-21(2)7-5-8-22(29)3/h5-10,15,18,25,27H,4,11-14,16-17,19-20H2,1-3H3,(H,32,40)/t25?,27-/m0/s1. The first-order chi connectivity index (χ1) is 20.4. The number of ether oxygens (including phenoxy) is 1. The Morgan fingerprint density at radius 3 is 2.55 bits per heavy atom. The van der Waals surface area contributed by atoms with Crippen molar-refractivity contribution < 1.29 is 14.3 Å². The minimum Gasteiger partial charge on any atom is -0.378 e. The number of hydrogen-bond acceptors (Lipinski definition) is 8. The average Bonchev–Trinajstić information content (AvgIpc) is 3.72. The third-order valence-electron chi connectivity index (χ3n) is 8.44. The second-order valence-electron chi connectivity index (χ2n) is 11.3. The van der Waals surface area contributed by atoms with Crippen LogP contribution in [0.2, 0.25) is 0 Å². The van der Waals surface area contributed by atoms with Gasteiger partial charge in [-0.05, 0) is 59.9 Å². The van der Waals surface area contributed by atoms with E-state index in [1.54, 1.807) is 0 Å². The van der Waals surface area contributed by atoms with E-state index in [0.717, 1.165) is 47.5 Å². The van der Waals surface area contributed by atoms with E-state index < -0.39 is 0 Å². The van der Waals surface area contributed by atoms with E-state index in [4.69, 9.17) is 4.74 Å². The number of nitrogens with zero attached hydrogens (tertiary/aromatic N) is 7. The minimum atomic E-state index is -0.160. The Morgan fingerprint density at radius 2 is 1.81 bits per heavy atom. The van der Waals surface area contributed by atoms with Gasteiger partial charge in [-0.1, -0.05) is 42.4 Å². The van der Waals surface area contributed by atoms with Gasteiger partial charge in [-0.15, -0.1) is 5.10 Å². The van der Waals surface area contributed by atoms with Crippen molar-refractivity contribution in [1.82, 2.24) is 30.4 Å². The molecule has 11 heteroatoms. The lowest BCUT2D eigenvalue weighted by molar-refractivity contribution is -0.122. The number of anilines is 2. The summed E-state index contributed by atoms with van der Waals surface area (Å²) >= 11 is 0. The zero-order valence-corrected chi connectivity index (χ0v) is 24.5. The molecule has 6 rings (SSSR count). The smallest absolute Gasteiger partial charge is 0.266 e. The number of nitrogens with one attached hydrogen (secondary N) is 1. The molecule has 3 aromatic rings. The van der Waals surface area contributed by atoms with E-state index >= 15 is 0 Å². The number of benzene rings is 2. The van der Waals surface area contributed by atoms with E-state index in [1.165, 1.54) is 10.4 Å². The zero-order valence-electron chi connectivity index (χ0n) is 24.5. The predicted molar refractivity (Wildman–Crippen MR) is 159 cm³/mol. The number of fused-ring (bicyclic) bond motifs is 1. The van der Waals surface area contributed by atoms with E-state index in [-0.39, 0.29) is 24.4 Å². The molecule has 11 nitrogen and oxygen atoms in total. The molecule has 0 aliphatic carbocycles. The Bertz CT molecular complexity index is 1470. The average molecular weight is 571 g/mol. The highest BCUT2D eigenvalue weighted by atomic mass is 16.5. The SMILES string of the molecule is CC[C@H](NC(=O)Cn1nnc(N2CCOCC2)n1)c1cccc(N2CC3=CN(C(=O)c4c(C)cccc4C)CC3C2)c1. The van der Waals surface area contributed by atoms with Crippen LogP contribution in [0.4, 0.5) is 11.6 Å². The van der Waals surface area contributed by atoms with Gasteiger partial charge >= 0.3 is 0 Å². The summed E-state index contributed by atoms with van der Waals surface area (Å²) in [7, 11) is 0. The number of rotatable bonds is 8. The number of morpholine rings is 1. The Morgan fingerprint density at radius 1 is 1.05 bits per heavy atom. The number of hydrogen-bond donors (Lipinski definition) is 1. The van der Waals surface area contributed by atoms with Crippen molar-refractivity contribution in [3.8, 4) is 0 Å². The van der Waals surface area contributed by atoms with Crippen molar-refractivity contribution in [2.45, 2.75) is 39.8 Å². The molecule has 0 bridgehead atoms. The molecule has 3 aliphatic heterocycles. The summed E-state index contributed by atoms with van der Waals surface area (Å²) in [6.45, 7) is 11.1. The maximum Gasteiger partial charge on any atom is 0.266 e. The molecule has 3 aliphatic rings. The summed E-state index contributed by atoms with van der Waals surface area (Å²) < 4.78 is 5.38. The molecule has 1 unspecified atom stereocenters. The third-order valence-corrected chi connectivity index (χ3v) is 8.44. The maximum absolute atomic E-state index is 13.3. The predicted octanol–water partition coefficient (Wildman–Crippen LogP) is 2.87. The number of tetrazole rings is 1. The summed E-state index contributed by atoms with van der Waals surface area (Å²) in [5, 5.41) is 15.7. The monoisotopic (exact) mass is 570 g/mol. The molecule has 4 heterocycles. The first-order valence-electron chi connectivity index (χ1n) is 14.7. The van der Waals surface area contributed by atoms with E-state index in [0.29, 0.717) is 44.7 Å². The Hall–Kier alpha value is -4.25. The molecule has 0 spiro atoms. The minimum absolute atomic E-state index is 0.00669. The van der Waals surface area contributed by atoms with Gasteiger partial charge in [-0.25, -0.2) is 0 Å². The van der Waals surface area contributed by atoms with Crippen LogP contribution in [-0.4, -0.2) is 82.9 Å². The first-order valence-corrected chi connectivity index (χ1v) is 14.7. The van der Waals surface area contributed by atoms with Gasteiger partial charge in [0.25, 0.3) is 11.9 Å². The van der Waals surface area contributed by atoms with Gasteiger partial charge in [-0.2, -0.15) is 4.80 Å². The molecule has 1 aromatic heterocycles. The summed E-state index contributed by atoms with van der Waals surface area (Å²) in [6, 6.07) is 14.3. The normalized spacial score (nSPS) is 19.1. The summed E-state index contributed by atoms with van der Waals surface area (Å²) in [4.78, 5) is 33.8. The molecule has 2 fully saturated rings. The molecule has 220 valence electrons. The van der Waals surface area contributed by atoms with Gasteiger partial charge in [0, 0.05) is 56.1 Å². The van der Waals surface area contributed by atoms with Crippen LogP contribution in [0.15, 0.2) is 54.2 Å². The topological polar surface area (TPSA) is 109 Å². The van der Waals surface area contributed by atoms with Gasteiger partial charge < -0.3 is 24.8 Å². The Balaban J connectivity index is 1.08. The van der Waals surface area contributed by atoms with Gasteiger partial charge in [0.05, 0.1) is 19.3 Å². The zero-order chi connectivity index (χ0) is 29.2. The van der Waals surface area contributed by atoms with Crippen LogP contribution in [0.3, 0.4) is 0 Å². The highest BCUT2D eigenvalue weighted by molar-refractivity contribution is 5.98. The second-order valence-corrected chi connectivity index (χ2v) is 11.3. The van der Waals surface area contributed by atoms with Crippen LogP contribution >= 0.6 is 0 Å². The summed E-state index contributed by atoms with van der Waals surface area (Å²) in [6.07, 6.45) is 2.81. The van der Waals surface area contributed by atoms with E-state index in [9.17, 15) is 9.59 Å². The van der Waals surface area contributed by atoms with Crippen LogP contribution in [0.1, 0.15) is 46.4 Å². The molecule has 0 radical (unpaired) electrons. The number of carbonyl (C=O) groups is 2. The Labute approximate surface area is 246 Å². The van der Waals surface area contributed by atoms with Crippen LogP contribution in [-0.2, 0) is 16.1 Å². The lowest BCUT2D eigenvalue weighted by Gasteiger charge is -2.24. The molecule has 2 aromatic carbocycles.